The summed E-state index contributed by atoms with van der Waals surface area (Å²) in [6.07, 6.45) is -0.373. The number of rotatable bonds is 4. The van der Waals surface area contributed by atoms with E-state index >= 15 is 0 Å². The van der Waals surface area contributed by atoms with E-state index in [1.54, 1.807) is 34.1 Å². The number of amides is 2. The summed E-state index contributed by atoms with van der Waals surface area (Å²) in [5, 5.41) is 12.5. The highest BCUT2D eigenvalue weighted by Crippen LogP contribution is 2.24. The summed E-state index contributed by atoms with van der Waals surface area (Å²) in [5.74, 6) is -1.09. The molecule has 0 radical (unpaired) electrons. The Hall–Kier alpha value is -2.77. The number of carboxylic acid groups (broad SMARTS) is 1. The van der Waals surface area contributed by atoms with Gasteiger partial charge in [-0.2, -0.15) is 0 Å². The number of hydrogen-bond donors (Lipinski definition) is 2. The predicted molar refractivity (Wildman–Crippen MR) is 115 cm³/mol. The van der Waals surface area contributed by atoms with Crippen molar-refractivity contribution in [2.45, 2.75) is 53.2 Å². The first-order valence-corrected chi connectivity index (χ1v) is 10.1. The summed E-state index contributed by atoms with van der Waals surface area (Å²) in [6, 6.07) is 6.07. The van der Waals surface area contributed by atoms with Crippen LogP contribution in [0.15, 0.2) is 24.3 Å². The third-order valence-corrected chi connectivity index (χ3v) is 4.75. The van der Waals surface area contributed by atoms with Gasteiger partial charge in [0.15, 0.2) is 0 Å². The quantitative estimate of drug-likeness (QED) is 0.777. The van der Waals surface area contributed by atoms with Crippen LogP contribution in [0.3, 0.4) is 0 Å². The zero-order valence-electron chi connectivity index (χ0n) is 18.7. The Morgan fingerprint density at radius 3 is 2.07 bits per heavy atom. The Labute approximate surface area is 178 Å². The number of aliphatic carboxylic acids is 1. The van der Waals surface area contributed by atoms with Gasteiger partial charge >= 0.3 is 12.1 Å². The van der Waals surface area contributed by atoms with Crippen molar-refractivity contribution in [3.63, 3.8) is 0 Å². The van der Waals surface area contributed by atoms with Crippen LogP contribution in [0, 0.1) is 5.41 Å². The van der Waals surface area contributed by atoms with E-state index in [2.05, 4.69) is 5.32 Å². The minimum Gasteiger partial charge on any atom is -0.480 e. The second kappa shape index (κ2) is 8.93. The number of hydrogen-bond acceptors (Lipinski definition) is 5. The number of benzene rings is 1. The summed E-state index contributed by atoms with van der Waals surface area (Å²) in [4.78, 5) is 40.0. The highest BCUT2D eigenvalue weighted by molar-refractivity contribution is 5.95. The number of anilines is 1. The van der Waals surface area contributed by atoms with Gasteiger partial charge in [-0.25, -0.2) is 9.59 Å². The van der Waals surface area contributed by atoms with Crippen molar-refractivity contribution in [1.29, 1.82) is 0 Å². The van der Waals surface area contributed by atoms with E-state index in [1.807, 2.05) is 41.5 Å². The number of nitrogens with one attached hydrogen (secondary N) is 1. The lowest BCUT2D eigenvalue weighted by Gasteiger charge is -2.35. The second-order valence-corrected chi connectivity index (χ2v) is 9.62. The Bertz CT molecular complexity index is 787. The van der Waals surface area contributed by atoms with E-state index in [9.17, 15) is 19.5 Å². The predicted octanol–water partition coefficient (Wildman–Crippen LogP) is 3.29. The number of ether oxygens (including phenoxy) is 1. The topological polar surface area (TPSA) is 99.2 Å². The lowest BCUT2D eigenvalue weighted by molar-refractivity contribution is -0.140. The van der Waals surface area contributed by atoms with Gasteiger partial charge < -0.3 is 25.0 Å². The monoisotopic (exact) mass is 419 g/mol. The molecule has 2 amide bonds. The van der Waals surface area contributed by atoms with Gasteiger partial charge in [0.05, 0.1) is 0 Å². The highest BCUT2D eigenvalue weighted by Gasteiger charge is 2.32. The van der Waals surface area contributed by atoms with Crippen molar-refractivity contribution in [1.82, 2.24) is 9.80 Å². The molecule has 2 N–H and O–H groups in total. The van der Waals surface area contributed by atoms with Crippen molar-refractivity contribution < 1.29 is 24.2 Å². The lowest BCUT2D eigenvalue weighted by Crippen LogP contribution is -2.51. The zero-order chi connectivity index (χ0) is 22.7. The van der Waals surface area contributed by atoms with Crippen molar-refractivity contribution in [3.05, 3.63) is 29.8 Å². The van der Waals surface area contributed by atoms with Crippen molar-refractivity contribution in [3.8, 4) is 0 Å². The zero-order valence-corrected chi connectivity index (χ0v) is 18.7. The van der Waals surface area contributed by atoms with Crippen LogP contribution < -0.4 is 5.32 Å². The summed E-state index contributed by atoms with van der Waals surface area (Å²) < 4.78 is 5.38. The molecule has 1 atom stereocenters. The Morgan fingerprint density at radius 2 is 1.57 bits per heavy atom. The molecule has 1 aromatic rings. The van der Waals surface area contributed by atoms with Crippen LogP contribution in [-0.4, -0.2) is 70.7 Å². The van der Waals surface area contributed by atoms with Gasteiger partial charge in [0, 0.05) is 37.4 Å². The molecule has 0 aromatic heterocycles. The first-order chi connectivity index (χ1) is 13.8. The van der Waals surface area contributed by atoms with Crippen LogP contribution >= 0.6 is 0 Å². The highest BCUT2D eigenvalue weighted by atomic mass is 16.6. The second-order valence-electron chi connectivity index (χ2n) is 9.62. The third-order valence-electron chi connectivity index (χ3n) is 4.75. The first kappa shape index (κ1) is 23.5. The third kappa shape index (κ3) is 6.37. The Morgan fingerprint density at radius 1 is 1.00 bits per heavy atom. The van der Waals surface area contributed by atoms with Gasteiger partial charge in [0.25, 0.3) is 5.91 Å². The fourth-order valence-corrected chi connectivity index (χ4v) is 3.16. The minimum atomic E-state index is -0.947. The largest absolute Gasteiger partial charge is 0.480 e. The maximum absolute atomic E-state index is 12.9. The normalized spacial score (nSPS) is 16.1. The van der Waals surface area contributed by atoms with Crippen molar-refractivity contribution in [2.75, 3.05) is 31.5 Å². The minimum absolute atomic E-state index is 0.148. The molecule has 0 saturated carbocycles. The molecule has 1 saturated heterocycles. The van der Waals surface area contributed by atoms with Crippen LogP contribution in [0.25, 0.3) is 0 Å². The standard InChI is InChI=1S/C22H33N3O5/c1-21(2,3)17(19(27)28)23-16-9-7-8-15(14-16)18(26)24-10-12-25(13-11-24)20(29)30-22(4,5)6/h7-9,14,17,23H,10-13H2,1-6H3,(H,27,28). The molecule has 1 aliphatic heterocycles. The molecule has 2 rings (SSSR count). The number of carbonyl (C=O) groups is 3. The fraction of sp³-hybridized carbons (Fsp3) is 0.591. The van der Waals surface area contributed by atoms with E-state index in [4.69, 9.17) is 4.74 Å². The maximum atomic E-state index is 12.9. The smallest absolute Gasteiger partial charge is 0.410 e. The van der Waals surface area contributed by atoms with Gasteiger partial charge in [-0.15, -0.1) is 0 Å². The maximum Gasteiger partial charge on any atom is 0.410 e. The summed E-state index contributed by atoms with van der Waals surface area (Å²) >= 11 is 0. The summed E-state index contributed by atoms with van der Waals surface area (Å²) in [7, 11) is 0. The lowest BCUT2D eigenvalue weighted by atomic mass is 9.86. The molecule has 0 spiro atoms. The molecule has 8 nitrogen and oxygen atoms in total. The number of nitrogens with zero attached hydrogens (tertiary/aromatic N) is 2. The summed E-state index contributed by atoms with van der Waals surface area (Å²) in [5.41, 5.74) is 0.00155. The van der Waals surface area contributed by atoms with E-state index in [0.717, 1.165) is 0 Å². The van der Waals surface area contributed by atoms with Crippen LogP contribution in [-0.2, 0) is 9.53 Å². The molecular formula is C22H33N3O5. The number of carboxylic acids is 1. The first-order valence-electron chi connectivity index (χ1n) is 10.1. The summed E-state index contributed by atoms with van der Waals surface area (Å²) in [6.45, 7) is 12.6. The molecule has 8 heteroatoms. The van der Waals surface area contributed by atoms with Crippen molar-refractivity contribution in [2.24, 2.45) is 5.41 Å². The van der Waals surface area contributed by atoms with Crippen LogP contribution in [0.2, 0.25) is 0 Å². The van der Waals surface area contributed by atoms with Crippen LogP contribution in [0.1, 0.15) is 51.9 Å². The van der Waals surface area contributed by atoms with E-state index in [-0.39, 0.29) is 12.0 Å². The van der Waals surface area contributed by atoms with E-state index < -0.39 is 23.0 Å². The van der Waals surface area contributed by atoms with Crippen molar-refractivity contribution >= 4 is 23.7 Å². The molecule has 1 heterocycles. The van der Waals surface area contributed by atoms with Gasteiger partial charge in [0.2, 0.25) is 0 Å². The van der Waals surface area contributed by atoms with Gasteiger partial charge in [0.1, 0.15) is 11.6 Å². The molecule has 1 fully saturated rings. The molecule has 1 aliphatic rings. The molecule has 166 valence electrons. The average molecular weight is 420 g/mol. The molecule has 1 unspecified atom stereocenters. The number of piperazine rings is 1. The molecular weight excluding hydrogens is 386 g/mol. The molecule has 30 heavy (non-hydrogen) atoms. The molecule has 0 bridgehead atoms. The average Bonchev–Trinajstić information content (AvgIpc) is 2.63. The van der Waals surface area contributed by atoms with E-state index in [0.29, 0.717) is 37.4 Å². The SMILES string of the molecule is CC(C)(C)OC(=O)N1CCN(C(=O)c2cccc(NC(C(=O)O)C(C)(C)C)c2)CC1. The fourth-order valence-electron chi connectivity index (χ4n) is 3.16. The van der Waals surface area contributed by atoms with Crippen LogP contribution in [0.5, 0.6) is 0 Å². The molecule has 0 aliphatic carbocycles. The van der Waals surface area contributed by atoms with Gasteiger partial charge in [-0.1, -0.05) is 26.8 Å². The Balaban J connectivity index is 2.03. The van der Waals surface area contributed by atoms with Gasteiger partial charge in [-0.05, 0) is 44.4 Å². The Kier molecular flexibility index (Phi) is 7.00. The van der Waals surface area contributed by atoms with Gasteiger partial charge in [-0.3, -0.25) is 4.79 Å². The number of carbonyl (C=O) groups excluding carboxylic acids is 2. The van der Waals surface area contributed by atoms with Crippen LogP contribution in [0.4, 0.5) is 10.5 Å². The molecule has 1 aromatic carbocycles. The van der Waals surface area contributed by atoms with E-state index in [1.165, 1.54) is 0 Å².